The van der Waals surface area contributed by atoms with E-state index in [1.54, 1.807) is 6.07 Å². The van der Waals surface area contributed by atoms with Gasteiger partial charge in [0.25, 0.3) is 0 Å². The zero-order valence-electron chi connectivity index (χ0n) is 9.82. The molecule has 0 saturated carbocycles. The molecule has 0 atom stereocenters. The van der Waals surface area contributed by atoms with Crippen molar-refractivity contribution in [3.63, 3.8) is 0 Å². The standard InChI is InChI=1S/C12H7IN2O5/c13-8-2-1-7(12(16)17)5-11(8)20-10-3-4-14-6-9(10)15(18)19/h1-6H,(H,16,17). The highest BCUT2D eigenvalue weighted by Crippen LogP contribution is 2.33. The molecule has 102 valence electrons. The summed E-state index contributed by atoms with van der Waals surface area (Å²) in [6, 6.07) is 5.65. The molecule has 2 aromatic rings. The van der Waals surface area contributed by atoms with Crippen molar-refractivity contribution < 1.29 is 19.6 Å². The molecule has 1 aromatic heterocycles. The van der Waals surface area contributed by atoms with Crippen LogP contribution in [0.2, 0.25) is 0 Å². The highest BCUT2D eigenvalue weighted by Gasteiger charge is 2.17. The Hall–Kier alpha value is -2.23. The first-order chi connectivity index (χ1) is 9.49. The number of halogens is 1. The Morgan fingerprint density at radius 3 is 2.75 bits per heavy atom. The van der Waals surface area contributed by atoms with E-state index in [0.29, 0.717) is 3.57 Å². The number of rotatable bonds is 4. The average Bonchev–Trinajstić information content (AvgIpc) is 2.41. The van der Waals surface area contributed by atoms with Crippen LogP contribution in [0, 0.1) is 13.7 Å². The van der Waals surface area contributed by atoms with E-state index in [1.807, 2.05) is 22.6 Å². The number of ether oxygens (including phenoxy) is 1. The van der Waals surface area contributed by atoms with Crippen molar-refractivity contribution in [3.05, 3.63) is 55.9 Å². The summed E-state index contributed by atoms with van der Waals surface area (Å²) < 4.78 is 6.08. The van der Waals surface area contributed by atoms with Crippen molar-refractivity contribution in [1.29, 1.82) is 0 Å². The predicted molar refractivity (Wildman–Crippen MR) is 77.1 cm³/mol. The Labute approximate surface area is 126 Å². The van der Waals surface area contributed by atoms with Crippen LogP contribution in [0.3, 0.4) is 0 Å². The van der Waals surface area contributed by atoms with E-state index in [-0.39, 0.29) is 22.7 Å². The van der Waals surface area contributed by atoms with Crippen molar-refractivity contribution in [3.8, 4) is 11.5 Å². The number of hydrogen-bond donors (Lipinski definition) is 1. The lowest BCUT2D eigenvalue weighted by atomic mass is 10.2. The summed E-state index contributed by atoms with van der Waals surface area (Å²) in [6.07, 6.45) is 2.43. The van der Waals surface area contributed by atoms with Gasteiger partial charge in [-0.25, -0.2) is 4.79 Å². The summed E-state index contributed by atoms with van der Waals surface area (Å²) >= 11 is 1.95. The molecule has 0 fully saturated rings. The molecule has 0 bridgehead atoms. The Bertz CT molecular complexity index is 689. The van der Waals surface area contributed by atoms with Crippen LogP contribution in [-0.4, -0.2) is 21.0 Å². The molecule has 1 heterocycles. The number of carboxylic acids is 1. The van der Waals surface area contributed by atoms with Crippen molar-refractivity contribution in [2.45, 2.75) is 0 Å². The Kier molecular flexibility index (Phi) is 4.13. The maximum atomic E-state index is 10.9. The fourth-order valence-corrected chi connectivity index (χ4v) is 1.88. The van der Waals surface area contributed by atoms with E-state index >= 15 is 0 Å². The largest absolute Gasteiger partial charge is 0.478 e. The molecule has 8 heteroatoms. The Balaban J connectivity index is 2.42. The zero-order valence-corrected chi connectivity index (χ0v) is 12.0. The van der Waals surface area contributed by atoms with Crippen molar-refractivity contribution in [2.75, 3.05) is 0 Å². The maximum Gasteiger partial charge on any atom is 0.335 e. The molecule has 2 rings (SSSR count). The number of carboxylic acid groups (broad SMARTS) is 1. The first kappa shape index (κ1) is 14.2. The number of nitrogens with zero attached hydrogens (tertiary/aromatic N) is 2. The molecule has 0 radical (unpaired) electrons. The maximum absolute atomic E-state index is 10.9. The van der Waals surface area contributed by atoms with Crippen LogP contribution in [-0.2, 0) is 0 Å². The predicted octanol–water partition coefficient (Wildman–Crippen LogP) is 3.08. The monoisotopic (exact) mass is 386 g/mol. The van der Waals surface area contributed by atoms with Gasteiger partial charge in [-0.05, 0) is 40.8 Å². The van der Waals surface area contributed by atoms with Gasteiger partial charge < -0.3 is 9.84 Å². The van der Waals surface area contributed by atoms with E-state index in [1.165, 1.54) is 24.4 Å². The van der Waals surface area contributed by atoms with Crippen LogP contribution in [0.4, 0.5) is 5.69 Å². The number of hydrogen-bond acceptors (Lipinski definition) is 5. The molecule has 0 saturated heterocycles. The van der Waals surface area contributed by atoms with Crippen LogP contribution < -0.4 is 4.74 Å². The van der Waals surface area contributed by atoms with Gasteiger partial charge in [0.05, 0.1) is 14.1 Å². The number of carbonyl (C=O) groups is 1. The summed E-state index contributed by atoms with van der Waals surface area (Å²) in [5, 5.41) is 19.8. The van der Waals surface area contributed by atoms with Crippen molar-refractivity contribution in [1.82, 2.24) is 4.98 Å². The Morgan fingerprint density at radius 1 is 1.35 bits per heavy atom. The summed E-state index contributed by atoms with van der Waals surface area (Å²) in [4.78, 5) is 24.8. The van der Waals surface area contributed by atoms with Crippen LogP contribution in [0.15, 0.2) is 36.7 Å². The number of aromatic carboxylic acids is 1. The van der Waals surface area contributed by atoms with Gasteiger partial charge in [0.15, 0.2) is 0 Å². The van der Waals surface area contributed by atoms with E-state index in [2.05, 4.69) is 4.98 Å². The summed E-state index contributed by atoms with van der Waals surface area (Å²) in [5.74, 6) is -0.860. The summed E-state index contributed by atoms with van der Waals surface area (Å²) in [5.41, 5.74) is -0.249. The SMILES string of the molecule is O=C(O)c1ccc(I)c(Oc2ccncc2[N+](=O)[O-])c1. The van der Waals surface area contributed by atoms with Crippen LogP contribution >= 0.6 is 22.6 Å². The molecule has 7 nitrogen and oxygen atoms in total. The van der Waals surface area contributed by atoms with Gasteiger partial charge in [0.1, 0.15) is 11.9 Å². The minimum Gasteiger partial charge on any atom is -0.478 e. The Morgan fingerprint density at radius 2 is 2.10 bits per heavy atom. The second-order valence-corrected chi connectivity index (χ2v) is 4.82. The van der Waals surface area contributed by atoms with Crippen LogP contribution in [0.1, 0.15) is 10.4 Å². The van der Waals surface area contributed by atoms with E-state index in [9.17, 15) is 14.9 Å². The average molecular weight is 386 g/mol. The lowest BCUT2D eigenvalue weighted by molar-refractivity contribution is -0.386. The van der Waals surface area contributed by atoms with E-state index in [0.717, 1.165) is 6.20 Å². The lowest BCUT2D eigenvalue weighted by Crippen LogP contribution is -1.99. The van der Waals surface area contributed by atoms with E-state index in [4.69, 9.17) is 9.84 Å². The van der Waals surface area contributed by atoms with Gasteiger partial charge in [-0.3, -0.25) is 15.1 Å². The molecule has 1 N–H and O–H groups in total. The summed E-state index contributed by atoms with van der Waals surface area (Å²) in [7, 11) is 0. The van der Waals surface area contributed by atoms with Gasteiger partial charge >= 0.3 is 11.7 Å². The second kappa shape index (κ2) is 5.82. The zero-order chi connectivity index (χ0) is 14.7. The molecular weight excluding hydrogens is 379 g/mol. The molecule has 0 spiro atoms. The number of pyridine rings is 1. The molecule has 20 heavy (non-hydrogen) atoms. The smallest absolute Gasteiger partial charge is 0.335 e. The van der Waals surface area contributed by atoms with Crippen molar-refractivity contribution in [2.24, 2.45) is 0 Å². The quantitative estimate of drug-likeness (QED) is 0.492. The van der Waals surface area contributed by atoms with E-state index < -0.39 is 10.9 Å². The third-order valence-corrected chi connectivity index (χ3v) is 3.25. The minimum absolute atomic E-state index is 0.00505. The fourth-order valence-electron chi connectivity index (χ4n) is 1.43. The van der Waals surface area contributed by atoms with Crippen LogP contribution in [0.25, 0.3) is 0 Å². The highest BCUT2D eigenvalue weighted by atomic mass is 127. The normalized spacial score (nSPS) is 10.1. The van der Waals surface area contributed by atoms with Gasteiger partial charge in [0.2, 0.25) is 5.75 Å². The fraction of sp³-hybridized carbons (Fsp3) is 0. The molecule has 0 amide bonds. The summed E-state index contributed by atoms with van der Waals surface area (Å²) in [6.45, 7) is 0. The third kappa shape index (κ3) is 3.02. The number of nitro groups is 1. The third-order valence-electron chi connectivity index (χ3n) is 2.36. The topological polar surface area (TPSA) is 103 Å². The molecule has 1 aromatic carbocycles. The molecule has 0 aliphatic rings. The van der Waals surface area contributed by atoms with Gasteiger partial charge in [0, 0.05) is 12.3 Å². The molecule has 0 aliphatic heterocycles. The highest BCUT2D eigenvalue weighted by molar-refractivity contribution is 14.1. The number of aromatic nitrogens is 1. The molecule has 0 aliphatic carbocycles. The lowest BCUT2D eigenvalue weighted by Gasteiger charge is -2.08. The second-order valence-electron chi connectivity index (χ2n) is 3.65. The van der Waals surface area contributed by atoms with Crippen LogP contribution in [0.5, 0.6) is 11.5 Å². The van der Waals surface area contributed by atoms with Gasteiger partial charge in [-0.15, -0.1) is 0 Å². The van der Waals surface area contributed by atoms with Gasteiger partial charge in [-0.2, -0.15) is 0 Å². The molecule has 0 unspecified atom stereocenters. The van der Waals surface area contributed by atoms with Crippen molar-refractivity contribution >= 4 is 34.2 Å². The van der Waals surface area contributed by atoms with Gasteiger partial charge in [-0.1, -0.05) is 0 Å². The molecular formula is C12H7IN2O5. The number of benzene rings is 1. The first-order valence-electron chi connectivity index (χ1n) is 5.28. The first-order valence-corrected chi connectivity index (χ1v) is 6.36. The minimum atomic E-state index is -1.10.